The summed E-state index contributed by atoms with van der Waals surface area (Å²) in [6.07, 6.45) is 2.38. The van der Waals surface area contributed by atoms with Crippen LogP contribution in [-0.2, 0) is 24.1 Å². The second kappa shape index (κ2) is 5.92. The first-order valence-corrected chi connectivity index (χ1v) is 7.87. The average molecular weight is 303 g/mol. The number of aromatic nitrogens is 2. The molecule has 0 fully saturated rings. The van der Waals surface area contributed by atoms with Crippen molar-refractivity contribution in [3.8, 4) is 0 Å². The summed E-state index contributed by atoms with van der Waals surface area (Å²) in [5.41, 5.74) is -1.36. The van der Waals surface area contributed by atoms with Crippen molar-refractivity contribution >= 4 is 10.0 Å². The highest BCUT2D eigenvalue weighted by molar-refractivity contribution is 7.89. The lowest BCUT2D eigenvalue weighted by molar-refractivity contribution is 0.348. The molecule has 1 aromatic rings. The Morgan fingerprint density at radius 1 is 1.20 bits per heavy atom. The van der Waals surface area contributed by atoms with Gasteiger partial charge in [-0.05, 0) is 12.8 Å². The summed E-state index contributed by atoms with van der Waals surface area (Å²) >= 11 is 0. The first kappa shape index (κ1) is 16.6. The van der Waals surface area contributed by atoms with Crippen LogP contribution in [0.1, 0.15) is 26.7 Å². The lowest BCUT2D eigenvalue weighted by Gasteiger charge is -2.25. The number of hydrogen-bond acceptors (Lipinski definition) is 4. The van der Waals surface area contributed by atoms with Gasteiger partial charge < -0.3 is 4.57 Å². The Morgan fingerprint density at radius 2 is 1.70 bits per heavy atom. The highest BCUT2D eigenvalue weighted by Gasteiger charge is 2.29. The largest absolute Gasteiger partial charge is 0.330 e. The van der Waals surface area contributed by atoms with Gasteiger partial charge in [0.15, 0.2) is 4.90 Å². The molecule has 0 aliphatic heterocycles. The molecule has 0 radical (unpaired) electrons. The molecule has 114 valence electrons. The van der Waals surface area contributed by atoms with E-state index in [2.05, 4.69) is 0 Å². The SMILES string of the molecule is CCC(CC)N(C)S(=O)(=O)c1cn(C)c(=O)n(C)c1=O. The van der Waals surface area contributed by atoms with Crippen molar-refractivity contribution in [3.05, 3.63) is 27.0 Å². The van der Waals surface area contributed by atoms with E-state index in [4.69, 9.17) is 0 Å². The second-order valence-electron chi connectivity index (χ2n) is 4.74. The van der Waals surface area contributed by atoms with Gasteiger partial charge in [-0.2, -0.15) is 4.31 Å². The topological polar surface area (TPSA) is 81.4 Å². The summed E-state index contributed by atoms with van der Waals surface area (Å²) in [5, 5.41) is 0. The van der Waals surface area contributed by atoms with E-state index in [1.54, 1.807) is 0 Å². The molecular weight excluding hydrogens is 282 g/mol. The summed E-state index contributed by atoms with van der Waals surface area (Å²) < 4.78 is 28.1. The molecule has 0 aliphatic rings. The van der Waals surface area contributed by atoms with Gasteiger partial charge in [0, 0.05) is 33.4 Å². The van der Waals surface area contributed by atoms with E-state index in [-0.39, 0.29) is 10.9 Å². The molecule has 0 unspecified atom stereocenters. The highest BCUT2D eigenvalue weighted by Crippen LogP contribution is 2.16. The van der Waals surface area contributed by atoms with E-state index >= 15 is 0 Å². The van der Waals surface area contributed by atoms with Crippen LogP contribution in [0.4, 0.5) is 0 Å². The first-order chi connectivity index (χ1) is 9.18. The fraction of sp³-hybridized carbons (Fsp3) is 0.667. The van der Waals surface area contributed by atoms with Crippen LogP contribution in [0.15, 0.2) is 20.7 Å². The molecule has 0 N–H and O–H groups in total. The summed E-state index contributed by atoms with van der Waals surface area (Å²) in [7, 11) is 0.221. The first-order valence-electron chi connectivity index (χ1n) is 6.43. The lowest BCUT2D eigenvalue weighted by Crippen LogP contribution is -2.44. The fourth-order valence-corrected chi connectivity index (χ4v) is 3.76. The Morgan fingerprint density at radius 3 is 2.15 bits per heavy atom. The molecule has 0 saturated carbocycles. The van der Waals surface area contributed by atoms with Crippen LogP contribution in [0.5, 0.6) is 0 Å². The zero-order valence-electron chi connectivity index (χ0n) is 12.5. The van der Waals surface area contributed by atoms with E-state index in [0.29, 0.717) is 12.8 Å². The number of rotatable bonds is 5. The maximum Gasteiger partial charge on any atom is 0.330 e. The van der Waals surface area contributed by atoms with Crippen molar-refractivity contribution in [1.82, 2.24) is 13.4 Å². The molecule has 1 aromatic heterocycles. The molecule has 8 heteroatoms. The normalized spacial score (nSPS) is 12.3. The molecule has 0 amide bonds. The van der Waals surface area contributed by atoms with Crippen LogP contribution < -0.4 is 11.2 Å². The van der Waals surface area contributed by atoms with E-state index in [1.807, 2.05) is 13.8 Å². The van der Waals surface area contributed by atoms with Gasteiger partial charge in [-0.3, -0.25) is 9.36 Å². The van der Waals surface area contributed by atoms with E-state index in [1.165, 1.54) is 25.4 Å². The number of sulfonamides is 1. The van der Waals surface area contributed by atoms with Crippen LogP contribution >= 0.6 is 0 Å². The molecule has 0 spiro atoms. The zero-order chi connectivity index (χ0) is 15.7. The lowest BCUT2D eigenvalue weighted by atomic mass is 10.2. The Bertz CT molecular complexity index is 698. The molecule has 0 aromatic carbocycles. The van der Waals surface area contributed by atoms with Gasteiger partial charge in [-0.1, -0.05) is 13.8 Å². The predicted molar refractivity (Wildman–Crippen MR) is 76.2 cm³/mol. The third-order valence-electron chi connectivity index (χ3n) is 3.53. The van der Waals surface area contributed by atoms with Crippen molar-refractivity contribution < 1.29 is 8.42 Å². The number of nitrogens with zero attached hydrogens (tertiary/aromatic N) is 3. The summed E-state index contributed by atoms with van der Waals surface area (Å²) in [5.74, 6) is 0. The quantitative estimate of drug-likeness (QED) is 0.760. The Kier molecular flexibility index (Phi) is 4.93. The van der Waals surface area contributed by atoms with Crippen molar-refractivity contribution in [2.24, 2.45) is 14.1 Å². The molecular formula is C12H21N3O4S. The van der Waals surface area contributed by atoms with Gasteiger partial charge in [0.2, 0.25) is 10.0 Å². The maximum absolute atomic E-state index is 12.5. The predicted octanol–water partition coefficient (Wildman–Crippen LogP) is -0.107. The fourth-order valence-electron chi connectivity index (χ4n) is 2.11. The van der Waals surface area contributed by atoms with E-state index < -0.39 is 21.3 Å². The summed E-state index contributed by atoms with van der Waals surface area (Å²) in [6.45, 7) is 3.78. The van der Waals surface area contributed by atoms with Crippen molar-refractivity contribution in [2.75, 3.05) is 7.05 Å². The molecule has 0 bridgehead atoms. The second-order valence-corrected chi connectivity index (χ2v) is 6.71. The summed E-state index contributed by atoms with van der Waals surface area (Å²) in [4.78, 5) is 23.3. The minimum absolute atomic E-state index is 0.179. The van der Waals surface area contributed by atoms with Gasteiger partial charge in [0.25, 0.3) is 5.56 Å². The Hall–Kier alpha value is -1.41. The van der Waals surface area contributed by atoms with Gasteiger partial charge in [0.1, 0.15) is 0 Å². The summed E-state index contributed by atoms with van der Waals surface area (Å²) in [6, 6.07) is -0.179. The minimum atomic E-state index is -3.91. The molecule has 0 atom stereocenters. The van der Waals surface area contributed by atoms with Crippen molar-refractivity contribution in [1.29, 1.82) is 0 Å². The van der Waals surface area contributed by atoms with Crippen LogP contribution in [0.25, 0.3) is 0 Å². The Labute approximate surface area is 118 Å². The van der Waals surface area contributed by atoms with E-state index in [9.17, 15) is 18.0 Å². The molecule has 1 heterocycles. The third kappa shape index (κ3) is 2.71. The average Bonchev–Trinajstić information content (AvgIpc) is 2.41. The van der Waals surface area contributed by atoms with Crippen LogP contribution in [0.3, 0.4) is 0 Å². The van der Waals surface area contributed by atoms with Crippen molar-refractivity contribution in [2.45, 2.75) is 37.6 Å². The smallest absolute Gasteiger partial charge is 0.302 e. The van der Waals surface area contributed by atoms with Crippen LogP contribution in [0.2, 0.25) is 0 Å². The van der Waals surface area contributed by atoms with Crippen LogP contribution in [-0.4, -0.2) is 34.9 Å². The number of aryl methyl sites for hydroxylation is 1. The molecule has 20 heavy (non-hydrogen) atoms. The monoisotopic (exact) mass is 303 g/mol. The Balaban J connectivity index is 3.52. The molecule has 1 rings (SSSR count). The van der Waals surface area contributed by atoms with Gasteiger partial charge in [0.05, 0.1) is 0 Å². The highest BCUT2D eigenvalue weighted by atomic mass is 32.2. The van der Waals surface area contributed by atoms with Crippen LogP contribution in [0, 0.1) is 0 Å². The minimum Gasteiger partial charge on any atom is -0.302 e. The van der Waals surface area contributed by atoms with E-state index in [0.717, 1.165) is 15.3 Å². The maximum atomic E-state index is 12.5. The van der Waals surface area contributed by atoms with Gasteiger partial charge in [-0.25, -0.2) is 13.2 Å². The van der Waals surface area contributed by atoms with Gasteiger partial charge >= 0.3 is 5.69 Å². The number of hydrogen-bond donors (Lipinski definition) is 0. The third-order valence-corrected chi connectivity index (χ3v) is 5.42. The molecule has 0 saturated heterocycles. The van der Waals surface area contributed by atoms with Crippen molar-refractivity contribution in [3.63, 3.8) is 0 Å². The molecule has 0 aliphatic carbocycles. The standard InChI is InChI=1S/C12H21N3O4S/c1-6-9(7-2)15(5)20(18,19)10-8-13(3)12(17)14(4)11(10)16/h8-9H,6-7H2,1-5H3. The van der Waals surface area contributed by atoms with Gasteiger partial charge in [-0.15, -0.1) is 0 Å². The molecule has 7 nitrogen and oxygen atoms in total. The zero-order valence-corrected chi connectivity index (χ0v) is 13.3.